The van der Waals surface area contributed by atoms with Gasteiger partial charge >= 0.3 is 12.0 Å². The van der Waals surface area contributed by atoms with E-state index in [1.165, 1.54) is 0 Å². The summed E-state index contributed by atoms with van der Waals surface area (Å²) < 4.78 is 0.947. The van der Waals surface area contributed by atoms with E-state index < -0.39 is 5.97 Å². The SMILES string of the molecule is O=C(O)CCNC(=O)NCc1cccc(Br)c1. The summed E-state index contributed by atoms with van der Waals surface area (Å²) in [5.41, 5.74) is 0.966. The minimum absolute atomic E-state index is 0.0791. The third-order valence-electron chi connectivity index (χ3n) is 1.97. The second-order valence-corrected chi connectivity index (χ2v) is 4.30. The van der Waals surface area contributed by atoms with Crippen molar-refractivity contribution in [3.05, 3.63) is 34.3 Å². The molecule has 0 aromatic heterocycles. The van der Waals surface area contributed by atoms with Crippen LogP contribution in [0.3, 0.4) is 0 Å². The van der Waals surface area contributed by atoms with E-state index in [1.54, 1.807) is 0 Å². The van der Waals surface area contributed by atoms with Crippen LogP contribution in [0.2, 0.25) is 0 Å². The highest BCUT2D eigenvalue weighted by Gasteiger charge is 2.02. The van der Waals surface area contributed by atoms with Crippen LogP contribution in [-0.2, 0) is 11.3 Å². The van der Waals surface area contributed by atoms with Crippen LogP contribution in [0.15, 0.2) is 28.7 Å². The topological polar surface area (TPSA) is 78.4 Å². The molecule has 0 fully saturated rings. The number of carbonyl (C=O) groups excluding carboxylic acids is 1. The Balaban J connectivity index is 2.26. The molecule has 0 aliphatic rings. The fourth-order valence-electron chi connectivity index (χ4n) is 1.17. The Kier molecular flexibility index (Phi) is 5.48. The quantitative estimate of drug-likeness (QED) is 0.775. The number of hydrogen-bond acceptors (Lipinski definition) is 2. The lowest BCUT2D eigenvalue weighted by molar-refractivity contribution is -0.136. The highest BCUT2D eigenvalue weighted by atomic mass is 79.9. The molecule has 1 aromatic carbocycles. The molecule has 0 aliphatic heterocycles. The number of rotatable bonds is 5. The monoisotopic (exact) mass is 300 g/mol. The number of carbonyl (C=O) groups is 2. The molecule has 0 unspecified atom stereocenters. The minimum atomic E-state index is -0.933. The van der Waals surface area contributed by atoms with Gasteiger partial charge in [0.05, 0.1) is 6.42 Å². The molecular formula is C11H13BrN2O3. The molecule has 2 amide bonds. The van der Waals surface area contributed by atoms with Gasteiger partial charge in [-0.2, -0.15) is 0 Å². The average molecular weight is 301 g/mol. The summed E-state index contributed by atoms with van der Waals surface area (Å²) in [4.78, 5) is 21.5. The van der Waals surface area contributed by atoms with Crippen LogP contribution in [0.25, 0.3) is 0 Å². The van der Waals surface area contributed by atoms with Crippen LogP contribution in [0.4, 0.5) is 4.79 Å². The summed E-state index contributed by atoms with van der Waals surface area (Å²) in [6, 6.07) is 7.20. The van der Waals surface area contributed by atoms with Crippen molar-refractivity contribution in [1.29, 1.82) is 0 Å². The van der Waals surface area contributed by atoms with Gasteiger partial charge in [0.25, 0.3) is 0 Å². The predicted octanol–water partition coefficient (Wildman–Crippen LogP) is 1.72. The van der Waals surface area contributed by atoms with Gasteiger partial charge in [0.2, 0.25) is 0 Å². The predicted molar refractivity (Wildman–Crippen MR) is 66.6 cm³/mol. The first-order valence-electron chi connectivity index (χ1n) is 5.06. The molecule has 3 N–H and O–H groups in total. The lowest BCUT2D eigenvalue weighted by atomic mass is 10.2. The molecule has 1 rings (SSSR count). The van der Waals surface area contributed by atoms with Crippen molar-refractivity contribution in [2.45, 2.75) is 13.0 Å². The summed E-state index contributed by atoms with van der Waals surface area (Å²) in [6.45, 7) is 0.526. The molecule has 0 aliphatic carbocycles. The van der Waals surface area contributed by atoms with Crippen molar-refractivity contribution in [1.82, 2.24) is 10.6 Å². The number of carboxylic acid groups (broad SMARTS) is 1. The van der Waals surface area contributed by atoms with Gasteiger partial charge in [0.15, 0.2) is 0 Å². The zero-order valence-electron chi connectivity index (χ0n) is 9.07. The molecule has 5 nitrogen and oxygen atoms in total. The number of aliphatic carboxylic acids is 1. The van der Waals surface area contributed by atoms with E-state index in [-0.39, 0.29) is 19.0 Å². The van der Waals surface area contributed by atoms with Crippen LogP contribution >= 0.6 is 15.9 Å². The van der Waals surface area contributed by atoms with Crippen molar-refractivity contribution in [3.63, 3.8) is 0 Å². The Bertz CT molecular complexity index is 409. The third kappa shape index (κ3) is 5.91. The van der Waals surface area contributed by atoms with Crippen LogP contribution in [0.1, 0.15) is 12.0 Å². The number of urea groups is 1. The minimum Gasteiger partial charge on any atom is -0.481 e. The van der Waals surface area contributed by atoms with E-state index in [4.69, 9.17) is 5.11 Å². The number of amides is 2. The van der Waals surface area contributed by atoms with Gasteiger partial charge < -0.3 is 15.7 Å². The zero-order valence-corrected chi connectivity index (χ0v) is 10.7. The maximum absolute atomic E-state index is 11.3. The second kappa shape index (κ2) is 6.90. The van der Waals surface area contributed by atoms with E-state index in [2.05, 4.69) is 26.6 Å². The van der Waals surface area contributed by atoms with Gasteiger partial charge in [-0.05, 0) is 17.7 Å². The first kappa shape index (κ1) is 13.5. The van der Waals surface area contributed by atoms with Crippen molar-refractivity contribution in [2.24, 2.45) is 0 Å². The Morgan fingerprint density at radius 1 is 1.29 bits per heavy atom. The second-order valence-electron chi connectivity index (χ2n) is 3.38. The smallest absolute Gasteiger partial charge is 0.315 e. The van der Waals surface area contributed by atoms with Crippen LogP contribution in [-0.4, -0.2) is 23.7 Å². The zero-order chi connectivity index (χ0) is 12.7. The molecule has 0 atom stereocenters. The summed E-state index contributed by atoms with van der Waals surface area (Å²) in [7, 11) is 0. The molecule has 0 spiro atoms. The molecule has 0 heterocycles. The maximum atomic E-state index is 11.3. The van der Waals surface area contributed by atoms with Crippen LogP contribution < -0.4 is 10.6 Å². The molecule has 1 aromatic rings. The Morgan fingerprint density at radius 3 is 2.71 bits per heavy atom. The molecule has 0 bridgehead atoms. The molecule has 0 radical (unpaired) electrons. The van der Waals surface area contributed by atoms with Crippen molar-refractivity contribution < 1.29 is 14.7 Å². The van der Waals surface area contributed by atoms with Gasteiger partial charge in [-0.15, -0.1) is 0 Å². The summed E-state index contributed by atoms with van der Waals surface area (Å²) in [5.74, 6) is -0.933. The van der Waals surface area contributed by atoms with Gasteiger partial charge in [-0.3, -0.25) is 4.79 Å². The number of hydrogen-bond donors (Lipinski definition) is 3. The first-order valence-corrected chi connectivity index (χ1v) is 5.85. The highest BCUT2D eigenvalue weighted by Crippen LogP contribution is 2.11. The molecule has 92 valence electrons. The lowest BCUT2D eigenvalue weighted by Crippen LogP contribution is -2.36. The Morgan fingerprint density at radius 2 is 2.06 bits per heavy atom. The van der Waals surface area contributed by atoms with E-state index in [1.807, 2.05) is 24.3 Å². The Labute approximate surface area is 107 Å². The summed E-state index contributed by atoms with van der Waals surface area (Å²) in [6.07, 6.45) is -0.0791. The Hall–Kier alpha value is -1.56. The van der Waals surface area contributed by atoms with Gasteiger partial charge in [0, 0.05) is 17.6 Å². The summed E-state index contributed by atoms with van der Waals surface area (Å²) in [5, 5.41) is 13.5. The van der Waals surface area contributed by atoms with Gasteiger partial charge in [-0.1, -0.05) is 28.1 Å². The molecule has 0 saturated carbocycles. The molecule has 17 heavy (non-hydrogen) atoms. The fourth-order valence-corrected chi connectivity index (χ4v) is 1.62. The summed E-state index contributed by atoms with van der Waals surface area (Å²) >= 11 is 3.33. The number of carboxylic acids is 1. The van der Waals surface area contributed by atoms with Crippen LogP contribution in [0, 0.1) is 0 Å². The van der Waals surface area contributed by atoms with Crippen LogP contribution in [0.5, 0.6) is 0 Å². The normalized spacial score (nSPS) is 9.71. The fraction of sp³-hybridized carbons (Fsp3) is 0.273. The standard InChI is InChI=1S/C11H13BrN2O3/c12-9-3-1-2-8(6-9)7-14-11(17)13-5-4-10(15)16/h1-3,6H,4-5,7H2,(H,15,16)(H2,13,14,17). The van der Waals surface area contributed by atoms with E-state index >= 15 is 0 Å². The average Bonchev–Trinajstić information content (AvgIpc) is 2.26. The molecule has 6 heteroatoms. The van der Waals surface area contributed by atoms with Gasteiger partial charge in [-0.25, -0.2) is 4.79 Å². The first-order chi connectivity index (χ1) is 8.08. The largest absolute Gasteiger partial charge is 0.481 e. The molecule has 0 saturated heterocycles. The lowest BCUT2D eigenvalue weighted by Gasteiger charge is -2.06. The van der Waals surface area contributed by atoms with Crippen molar-refractivity contribution in [2.75, 3.05) is 6.54 Å². The third-order valence-corrected chi connectivity index (χ3v) is 2.46. The van der Waals surface area contributed by atoms with E-state index in [9.17, 15) is 9.59 Å². The van der Waals surface area contributed by atoms with E-state index in [0.717, 1.165) is 10.0 Å². The number of halogens is 1. The maximum Gasteiger partial charge on any atom is 0.315 e. The van der Waals surface area contributed by atoms with E-state index in [0.29, 0.717) is 6.54 Å². The van der Waals surface area contributed by atoms with Gasteiger partial charge in [0.1, 0.15) is 0 Å². The molecular weight excluding hydrogens is 288 g/mol. The van der Waals surface area contributed by atoms with Crippen molar-refractivity contribution in [3.8, 4) is 0 Å². The highest BCUT2D eigenvalue weighted by molar-refractivity contribution is 9.10. The number of nitrogens with one attached hydrogen (secondary N) is 2. The number of benzene rings is 1. The van der Waals surface area contributed by atoms with Crippen molar-refractivity contribution >= 4 is 27.9 Å².